The van der Waals surface area contributed by atoms with E-state index in [9.17, 15) is 10.1 Å². The number of carbonyl (C=O) groups is 1. The fraction of sp³-hybridized carbons (Fsp3) is 0.371. The number of allylic oxidation sites excluding steroid dienone is 3. The van der Waals surface area contributed by atoms with Crippen LogP contribution in [0.1, 0.15) is 74.0 Å². The first kappa shape index (κ1) is 32.2. The number of hydrazine groups is 1. The summed E-state index contributed by atoms with van der Waals surface area (Å²) in [5.41, 5.74) is 6.31. The van der Waals surface area contributed by atoms with Crippen LogP contribution in [-0.2, 0) is 15.9 Å². The minimum Gasteiger partial charge on any atom is -0.501 e. The number of benzene rings is 2. The van der Waals surface area contributed by atoms with Gasteiger partial charge in [0.2, 0.25) is 0 Å². The first-order chi connectivity index (χ1) is 20.3. The molecule has 1 saturated carbocycles. The average molecular weight is 567 g/mol. The SMILES string of the molecule is C#C.COCCCc1ccc2c(C#N)c(-c3ccc(C(=O)N(N)C(C)/C(C)=C/C=C(\C)OC)cc3)n(C3CCC3)c2c1. The molecule has 7 nitrogen and oxygen atoms in total. The maximum absolute atomic E-state index is 13.2. The average Bonchev–Trinajstić information content (AvgIpc) is 3.31. The first-order valence-corrected chi connectivity index (χ1v) is 14.3. The second-order valence-electron chi connectivity index (χ2n) is 10.6. The van der Waals surface area contributed by atoms with Gasteiger partial charge in [0.15, 0.2) is 0 Å². The Kier molecular flexibility index (Phi) is 11.6. The molecule has 7 heteroatoms. The summed E-state index contributed by atoms with van der Waals surface area (Å²) in [6, 6.07) is 16.5. The van der Waals surface area contributed by atoms with Gasteiger partial charge in [0.05, 0.1) is 35.7 Å². The lowest BCUT2D eigenvalue weighted by molar-refractivity contribution is 0.0716. The first-order valence-electron chi connectivity index (χ1n) is 14.3. The number of nitriles is 1. The molecule has 4 rings (SSSR count). The van der Waals surface area contributed by atoms with Crippen LogP contribution in [-0.4, -0.2) is 42.4 Å². The summed E-state index contributed by atoms with van der Waals surface area (Å²) >= 11 is 0. The topological polar surface area (TPSA) is 93.5 Å². The van der Waals surface area contributed by atoms with Gasteiger partial charge in [0.25, 0.3) is 5.91 Å². The third kappa shape index (κ3) is 6.94. The fourth-order valence-corrected chi connectivity index (χ4v) is 5.12. The van der Waals surface area contributed by atoms with Crippen molar-refractivity contribution in [2.75, 3.05) is 20.8 Å². The maximum Gasteiger partial charge on any atom is 0.268 e. The lowest BCUT2D eigenvalue weighted by atomic mass is 9.92. The summed E-state index contributed by atoms with van der Waals surface area (Å²) in [6.07, 6.45) is 17.0. The highest BCUT2D eigenvalue weighted by Crippen LogP contribution is 2.42. The monoisotopic (exact) mass is 566 g/mol. The van der Waals surface area contributed by atoms with Crippen LogP contribution in [0.3, 0.4) is 0 Å². The highest BCUT2D eigenvalue weighted by molar-refractivity contribution is 5.97. The van der Waals surface area contributed by atoms with E-state index >= 15 is 0 Å². The number of terminal acetylenes is 1. The van der Waals surface area contributed by atoms with Crippen molar-refractivity contribution in [3.8, 4) is 30.2 Å². The molecule has 0 bridgehead atoms. The maximum atomic E-state index is 13.2. The highest BCUT2D eigenvalue weighted by Gasteiger charge is 2.28. The van der Waals surface area contributed by atoms with Crippen molar-refractivity contribution in [2.24, 2.45) is 5.84 Å². The van der Waals surface area contributed by atoms with Gasteiger partial charge < -0.3 is 14.0 Å². The molecule has 0 radical (unpaired) electrons. The molecule has 1 aliphatic carbocycles. The Bertz CT molecular complexity index is 1500. The predicted molar refractivity (Wildman–Crippen MR) is 169 cm³/mol. The zero-order chi connectivity index (χ0) is 30.8. The van der Waals surface area contributed by atoms with E-state index in [0.29, 0.717) is 17.2 Å². The lowest BCUT2D eigenvalue weighted by Crippen LogP contribution is -2.44. The molecule has 1 aliphatic rings. The van der Waals surface area contributed by atoms with Crippen LogP contribution < -0.4 is 5.84 Å². The molecule has 1 fully saturated rings. The largest absolute Gasteiger partial charge is 0.501 e. The number of methoxy groups -OCH3 is 2. The summed E-state index contributed by atoms with van der Waals surface area (Å²) in [5, 5.41) is 12.5. The van der Waals surface area contributed by atoms with Crippen LogP contribution in [0.15, 0.2) is 65.9 Å². The van der Waals surface area contributed by atoms with E-state index in [-0.39, 0.29) is 11.9 Å². The van der Waals surface area contributed by atoms with Crippen molar-refractivity contribution >= 4 is 16.8 Å². The summed E-state index contributed by atoms with van der Waals surface area (Å²) in [7, 11) is 3.34. The second-order valence-corrected chi connectivity index (χ2v) is 10.6. The van der Waals surface area contributed by atoms with Gasteiger partial charge in [0.1, 0.15) is 6.07 Å². The van der Waals surface area contributed by atoms with E-state index < -0.39 is 0 Å². The molecule has 1 heterocycles. The van der Waals surface area contributed by atoms with E-state index in [1.165, 1.54) is 17.0 Å². The van der Waals surface area contributed by atoms with E-state index in [0.717, 1.165) is 65.8 Å². The molecule has 220 valence electrons. The van der Waals surface area contributed by atoms with Gasteiger partial charge in [-0.2, -0.15) is 5.26 Å². The van der Waals surface area contributed by atoms with E-state index in [1.54, 1.807) is 26.4 Å². The van der Waals surface area contributed by atoms with Gasteiger partial charge in [0, 0.05) is 30.7 Å². The highest BCUT2D eigenvalue weighted by atomic mass is 16.5. The van der Waals surface area contributed by atoms with Crippen molar-refractivity contribution in [3.63, 3.8) is 0 Å². The molecule has 42 heavy (non-hydrogen) atoms. The van der Waals surface area contributed by atoms with E-state index in [2.05, 4.69) is 41.7 Å². The van der Waals surface area contributed by atoms with Crippen molar-refractivity contribution in [1.29, 1.82) is 5.26 Å². The molecule has 2 aromatic carbocycles. The van der Waals surface area contributed by atoms with E-state index in [1.807, 2.05) is 45.1 Å². The number of nitrogens with two attached hydrogens (primary N) is 1. The van der Waals surface area contributed by atoms with Gasteiger partial charge in [-0.05, 0) is 93.9 Å². The number of aromatic nitrogens is 1. The number of ether oxygens (including phenoxy) is 2. The summed E-state index contributed by atoms with van der Waals surface area (Å²) < 4.78 is 12.8. The number of hydrogen-bond donors (Lipinski definition) is 1. The summed E-state index contributed by atoms with van der Waals surface area (Å²) in [5.74, 6) is 6.77. The minimum atomic E-state index is -0.294. The van der Waals surface area contributed by atoms with Crippen LogP contribution in [0, 0.1) is 24.2 Å². The standard InChI is InChI=1S/C33H40N4O3.C2H2/c1-22(11-12-23(2)40-5)24(3)37(35)33(38)27-16-14-26(15-17-27)32-30(21-34)29-18-13-25(8-7-19-39-4)20-31(29)36(32)28-9-6-10-28;1-2/h11-18,20,24,28H,6-10,19,35H2,1-5H3;1-2H/b22-11+,23-12+;. The molecule has 1 aromatic heterocycles. The Labute approximate surface area is 250 Å². The fourth-order valence-electron chi connectivity index (χ4n) is 5.12. The molecule has 0 aliphatic heterocycles. The summed E-state index contributed by atoms with van der Waals surface area (Å²) in [6.45, 7) is 6.42. The van der Waals surface area contributed by atoms with Crippen LogP contribution in [0.5, 0.6) is 0 Å². The van der Waals surface area contributed by atoms with Gasteiger partial charge in [-0.1, -0.05) is 30.3 Å². The van der Waals surface area contributed by atoms with Crippen LogP contribution >= 0.6 is 0 Å². The Balaban J connectivity index is 0.00000237. The zero-order valence-electron chi connectivity index (χ0n) is 25.4. The van der Waals surface area contributed by atoms with Gasteiger partial charge >= 0.3 is 0 Å². The van der Waals surface area contributed by atoms with Gasteiger partial charge in [-0.15, -0.1) is 12.8 Å². The Morgan fingerprint density at radius 1 is 1.17 bits per heavy atom. The second kappa shape index (κ2) is 15.1. The third-order valence-electron chi connectivity index (χ3n) is 8.05. The predicted octanol–water partition coefficient (Wildman–Crippen LogP) is 6.93. The van der Waals surface area contributed by atoms with Crippen molar-refractivity contribution in [3.05, 3.63) is 82.6 Å². The number of aryl methyl sites for hydroxylation is 1. The van der Waals surface area contributed by atoms with Gasteiger partial charge in [-0.3, -0.25) is 9.80 Å². The third-order valence-corrected chi connectivity index (χ3v) is 8.05. The van der Waals surface area contributed by atoms with Gasteiger partial charge in [-0.25, -0.2) is 5.84 Å². The molecule has 1 unspecified atom stereocenters. The Hall–Kier alpha value is -4.30. The molecule has 0 saturated heterocycles. The Morgan fingerprint density at radius 2 is 1.86 bits per heavy atom. The van der Waals surface area contributed by atoms with Crippen LogP contribution in [0.25, 0.3) is 22.2 Å². The molecular weight excluding hydrogens is 524 g/mol. The van der Waals surface area contributed by atoms with Crippen molar-refractivity contribution < 1.29 is 14.3 Å². The van der Waals surface area contributed by atoms with Crippen molar-refractivity contribution in [2.45, 2.75) is 65.0 Å². The molecule has 1 amide bonds. The number of hydrogen-bond acceptors (Lipinski definition) is 5. The number of amides is 1. The molecular formula is C35H42N4O3. The van der Waals surface area contributed by atoms with Crippen LogP contribution in [0.2, 0.25) is 0 Å². The molecule has 1 atom stereocenters. The van der Waals surface area contributed by atoms with Crippen LogP contribution in [0.4, 0.5) is 0 Å². The lowest BCUT2D eigenvalue weighted by Gasteiger charge is -2.30. The minimum absolute atomic E-state index is 0.264. The number of fused-ring (bicyclic) bond motifs is 1. The molecule has 2 N–H and O–H groups in total. The molecule has 0 spiro atoms. The summed E-state index contributed by atoms with van der Waals surface area (Å²) in [4.78, 5) is 13.2. The smallest absolute Gasteiger partial charge is 0.268 e. The number of nitrogens with zero attached hydrogens (tertiary/aromatic N) is 3. The van der Waals surface area contributed by atoms with Crippen molar-refractivity contribution in [1.82, 2.24) is 9.58 Å². The normalized spacial score (nSPS) is 14.4. The Morgan fingerprint density at radius 3 is 2.43 bits per heavy atom. The molecule has 3 aromatic rings. The zero-order valence-corrected chi connectivity index (χ0v) is 25.4. The quantitative estimate of drug-likeness (QED) is 0.0516. The number of rotatable bonds is 11. The number of carbonyl (C=O) groups excluding carboxylic acids is 1. The van der Waals surface area contributed by atoms with E-state index in [4.69, 9.17) is 15.3 Å².